The number of amidine groups is 2. The summed E-state index contributed by atoms with van der Waals surface area (Å²) in [7, 11) is -8.53. The number of oxime groups is 2. The van der Waals surface area contributed by atoms with Crippen molar-refractivity contribution in [3.8, 4) is 11.5 Å². The minimum absolute atomic E-state index is 0.0323. The zero-order valence-electron chi connectivity index (χ0n) is 31.2. The second-order valence-electron chi connectivity index (χ2n) is 14.0. The van der Waals surface area contributed by atoms with E-state index in [9.17, 15) is 16.8 Å². The number of fused-ring (bicyclic) bond motifs is 4. The number of hydrogen-bond acceptors (Lipinski definition) is 14. The maximum absolute atomic E-state index is 14.3. The Labute approximate surface area is 351 Å². The zero-order chi connectivity index (χ0) is 40.5. The average Bonchev–Trinajstić information content (AvgIpc) is 4.05. The molecule has 4 unspecified atom stereocenters. The number of pyridine rings is 2. The van der Waals surface area contributed by atoms with Crippen LogP contribution in [-0.4, -0.2) is 58.7 Å². The van der Waals surface area contributed by atoms with Gasteiger partial charge in [-0.2, -0.15) is 0 Å². The predicted octanol–water partition coefficient (Wildman–Crippen LogP) is 6.32. The van der Waals surface area contributed by atoms with E-state index in [1.54, 1.807) is 62.6 Å². The fourth-order valence-electron chi connectivity index (χ4n) is 7.77. The van der Waals surface area contributed by atoms with Crippen molar-refractivity contribution in [3.05, 3.63) is 133 Å². The Hall–Kier alpha value is -5.98. The van der Waals surface area contributed by atoms with Gasteiger partial charge in [0.05, 0.1) is 0 Å². The molecule has 0 bridgehead atoms. The third-order valence-corrected chi connectivity index (χ3v) is 17.2. The van der Waals surface area contributed by atoms with Crippen LogP contribution in [0.1, 0.15) is 37.2 Å². The Balaban J connectivity index is 0.888. The van der Waals surface area contributed by atoms with Gasteiger partial charge in [-0.15, -0.1) is 0 Å². The van der Waals surface area contributed by atoms with Gasteiger partial charge in [0.2, 0.25) is 0 Å². The van der Waals surface area contributed by atoms with Gasteiger partial charge in [-0.1, -0.05) is 36.4 Å². The molecule has 4 atom stereocenters. The van der Waals surface area contributed by atoms with Crippen LogP contribution in [0.25, 0.3) is 21.8 Å². The van der Waals surface area contributed by atoms with Crippen molar-refractivity contribution in [3.63, 3.8) is 0 Å². The molecule has 0 radical (unpaired) electrons. The molecule has 0 saturated heterocycles. The molecule has 0 aliphatic carbocycles. The first-order chi connectivity index (χ1) is 28.6. The van der Waals surface area contributed by atoms with Gasteiger partial charge >= 0.3 is 317 Å². The number of benzene rings is 4. The van der Waals surface area contributed by atoms with Gasteiger partial charge in [-0.25, -0.2) is 0 Å². The Morgan fingerprint density at radius 1 is 0.559 bits per heavy atom. The van der Waals surface area contributed by atoms with Crippen molar-refractivity contribution >= 4 is 64.9 Å². The fourth-order valence-corrected chi connectivity index (χ4v) is 13.8. The van der Waals surface area contributed by atoms with Crippen LogP contribution in [0.5, 0.6) is 11.5 Å². The van der Waals surface area contributed by atoms with Crippen LogP contribution in [0.4, 0.5) is 0 Å². The number of hydrazone groups is 2. The van der Waals surface area contributed by atoms with Gasteiger partial charge in [0.15, 0.2) is 0 Å². The van der Waals surface area contributed by atoms with Crippen LogP contribution in [0.15, 0.2) is 152 Å². The molecule has 59 heavy (non-hydrogen) atoms. The van der Waals surface area contributed by atoms with E-state index in [-0.39, 0.29) is 21.5 Å². The molecule has 4 aliphatic rings. The third-order valence-electron chi connectivity index (χ3n) is 10.6. The van der Waals surface area contributed by atoms with Gasteiger partial charge < -0.3 is 0 Å². The van der Waals surface area contributed by atoms with Crippen molar-refractivity contribution in [1.82, 2.24) is 18.8 Å². The first-order valence-corrected chi connectivity index (χ1v) is 25.8. The predicted molar refractivity (Wildman–Crippen MR) is 211 cm³/mol. The van der Waals surface area contributed by atoms with Gasteiger partial charge in [0.1, 0.15) is 0 Å². The van der Waals surface area contributed by atoms with E-state index in [2.05, 4.69) is 30.5 Å². The molecule has 0 N–H and O–H groups in total. The van der Waals surface area contributed by atoms with Crippen LogP contribution in [0, 0.1) is 11.8 Å². The molecular formula is C40H30HgN8O8S2. The fraction of sp³-hybridized carbons (Fsp3) is 0.150. The first kappa shape index (κ1) is 37.3. The SMILES string of the molecule is CC1=NN(S(=O)(=O)c2ccc([O][Hg][O]c3ccc(S(=O)(=O)N4N=C(C)C5C4=NOC5c4ccccc4)c4cccnc34)c3ncccc23)C2=NOC(c3ccccc3)C12. The van der Waals surface area contributed by atoms with E-state index in [0.29, 0.717) is 44.7 Å². The monoisotopic (exact) mass is 1020 g/mol. The van der Waals surface area contributed by atoms with Crippen molar-refractivity contribution in [2.24, 2.45) is 32.4 Å². The topological polar surface area (TPSA) is 187 Å². The average molecular weight is 1020 g/mol. The van der Waals surface area contributed by atoms with Crippen LogP contribution in [-0.2, 0) is 55.2 Å². The summed E-state index contributed by atoms with van der Waals surface area (Å²) in [5.74, 6) is 0.105. The van der Waals surface area contributed by atoms with Gasteiger partial charge in [-0.05, 0) is 0 Å². The number of rotatable bonds is 10. The summed E-state index contributed by atoms with van der Waals surface area (Å²) in [6.07, 6.45) is 2.08. The molecule has 0 spiro atoms. The van der Waals surface area contributed by atoms with Gasteiger partial charge in [0, 0.05) is 0 Å². The Kier molecular flexibility index (Phi) is 9.09. The third kappa shape index (κ3) is 6.10. The van der Waals surface area contributed by atoms with E-state index < -0.39 is 69.6 Å². The van der Waals surface area contributed by atoms with E-state index in [4.69, 9.17) is 15.0 Å². The number of hydrogen-bond donors (Lipinski definition) is 0. The van der Waals surface area contributed by atoms with Crippen LogP contribution in [0.2, 0.25) is 0 Å². The normalized spacial score (nSPS) is 20.8. The van der Waals surface area contributed by atoms with Crippen LogP contribution < -0.4 is 5.29 Å². The number of aromatic nitrogens is 2. The van der Waals surface area contributed by atoms with E-state index in [1.807, 2.05) is 60.7 Å². The van der Waals surface area contributed by atoms with E-state index in [1.165, 1.54) is 12.1 Å². The van der Waals surface area contributed by atoms with Crippen molar-refractivity contribution in [1.29, 1.82) is 0 Å². The summed E-state index contributed by atoms with van der Waals surface area (Å²) >= 11 is -2.82. The van der Waals surface area contributed by atoms with E-state index >= 15 is 0 Å². The van der Waals surface area contributed by atoms with Gasteiger partial charge in [-0.3, -0.25) is 0 Å². The van der Waals surface area contributed by atoms with Crippen LogP contribution in [0.3, 0.4) is 0 Å². The van der Waals surface area contributed by atoms with Crippen molar-refractivity contribution < 1.29 is 57.3 Å². The summed E-state index contributed by atoms with van der Waals surface area (Å²) < 4.78 is 71.5. The molecule has 4 aromatic carbocycles. The molecule has 6 heterocycles. The molecule has 292 valence electrons. The molecule has 6 aromatic rings. The molecule has 10 rings (SSSR count). The molecule has 2 aromatic heterocycles. The standard InChI is InChI=1S/2C20H16N4O4S.Hg/c2*1-12-17-19(13-6-3-2-4-7-13)28-23-20(17)24(22-12)29(26,27)16-10-9-15(25)18-14(16)8-5-11-21-18;/h2*2-11,17,19,25H,1H3;/q;;+2/p-2. The quantitative estimate of drug-likeness (QED) is 0.141. The zero-order valence-corrected chi connectivity index (χ0v) is 38.4. The summed E-state index contributed by atoms with van der Waals surface area (Å²) in [6, 6.07) is 31.5. The van der Waals surface area contributed by atoms with Crippen molar-refractivity contribution in [2.45, 2.75) is 35.8 Å². The Morgan fingerprint density at radius 2 is 0.983 bits per heavy atom. The molecule has 0 saturated carbocycles. The van der Waals surface area contributed by atoms with Crippen molar-refractivity contribution in [2.75, 3.05) is 0 Å². The maximum atomic E-state index is 14.3. The van der Waals surface area contributed by atoms with Gasteiger partial charge in [0.25, 0.3) is 0 Å². The molecular weight excluding hydrogens is 985 g/mol. The second-order valence-corrected chi connectivity index (χ2v) is 20.7. The molecule has 19 heteroatoms. The summed E-state index contributed by atoms with van der Waals surface area (Å²) in [4.78, 5) is 20.4. The summed E-state index contributed by atoms with van der Waals surface area (Å²) in [6.45, 7) is 3.52. The first-order valence-electron chi connectivity index (χ1n) is 18.4. The summed E-state index contributed by atoms with van der Waals surface area (Å²) in [5, 5.41) is 17.9. The summed E-state index contributed by atoms with van der Waals surface area (Å²) in [5.41, 5.74) is 3.47. The molecule has 0 amide bonds. The Morgan fingerprint density at radius 3 is 1.41 bits per heavy atom. The Bertz CT molecular complexity index is 2840. The number of nitrogens with zero attached hydrogens (tertiary/aromatic N) is 8. The molecule has 0 fully saturated rings. The van der Waals surface area contributed by atoms with E-state index in [0.717, 1.165) is 20.0 Å². The second kappa shape index (κ2) is 14.4. The van der Waals surface area contributed by atoms with Crippen LogP contribution >= 0.6 is 0 Å². The minimum atomic E-state index is -4.27. The number of sulfonamides is 2. The molecule has 4 aliphatic heterocycles. The molecule has 16 nitrogen and oxygen atoms in total.